The van der Waals surface area contributed by atoms with E-state index in [-0.39, 0.29) is 17.9 Å². The second-order valence-electron chi connectivity index (χ2n) is 7.73. The molecule has 2 aromatic carbocycles. The molecule has 142 valence electrons. The Morgan fingerprint density at radius 3 is 1.85 bits per heavy atom. The van der Waals surface area contributed by atoms with E-state index >= 15 is 0 Å². The van der Waals surface area contributed by atoms with Crippen LogP contribution >= 0.6 is 0 Å². The number of hydrogen-bond acceptors (Lipinski definition) is 2. The van der Waals surface area contributed by atoms with Crippen LogP contribution in [-0.2, 0) is 0 Å². The fourth-order valence-corrected chi connectivity index (χ4v) is 3.16. The van der Waals surface area contributed by atoms with E-state index in [0.717, 1.165) is 24.0 Å². The minimum atomic E-state index is -0.0934. The van der Waals surface area contributed by atoms with Crippen LogP contribution in [0.5, 0.6) is 0 Å². The highest BCUT2D eigenvalue weighted by molar-refractivity contribution is 5.95. The van der Waals surface area contributed by atoms with E-state index in [2.05, 4.69) is 10.6 Å². The molecule has 1 fully saturated rings. The minimum absolute atomic E-state index is 0.0328. The van der Waals surface area contributed by atoms with Crippen molar-refractivity contribution in [1.29, 1.82) is 0 Å². The van der Waals surface area contributed by atoms with Crippen molar-refractivity contribution in [2.45, 2.75) is 46.6 Å². The molecular formula is C23H28N2O2. The SMILES string of the molecule is Cc1ccc(C(=O)NCC(NC(=O)c2ccc(C)c(C)c2)C2CC2)cc1C. The Balaban J connectivity index is 1.62. The number of benzene rings is 2. The van der Waals surface area contributed by atoms with Gasteiger partial charge >= 0.3 is 0 Å². The molecule has 1 aliphatic carbocycles. The van der Waals surface area contributed by atoms with E-state index in [1.54, 1.807) is 0 Å². The maximum absolute atomic E-state index is 12.6. The Morgan fingerprint density at radius 1 is 0.852 bits per heavy atom. The molecule has 2 amide bonds. The van der Waals surface area contributed by atoms with Crippen LogP contribution in [0.1, 0.15) is 55.8 Å². The van der Waals surface area contributed by atoms with Crippen molar-refractivity contribution in [2.75, 3.05) is 6.54 Å². The standard InChI is InChI=1S/C23H28N2O2/c1-14-5-7-19(11-16(14)3)22(26)24-13-21(18-9-10-18)25-23(27)20-8-6-15(2)17(4)12-20/h5-8,11-12,18,21H,9-10,13H2,1-4H3,(H,24,26)(H,25,27). The number of hydrogen-bond donors (Lipinski definition) is 2. The van der Waals surface area contributed by atoms with Gasteiger partial charge in [0.2, 0.25) is 0 Å². The van der Waals surface area contributed by atoms with E-state index in [1.165, 1.54) is 11.1 Å². The Kier molecular flexibility index (Phi) is 5.64. The number of carbonyl (C=O) groups excluding carboxylic acids is 2. The Labute approximate surface area is 161 Å². The zero-order valence-electron chi connectivity index (χ0n) is 16.6. The predicted octanol–water partition coefficient (Wildman–Crippen LogP) is 3.86. The van der Waals surface area contributed by atoms with Gasteiger partial charge in [0.1, 0.15) is 0 Å². The van der Waals surface area contributed by atoms with E-state index in [0.29, 0.717) is 23.6 Å². The van der Waals surface area contributed by atoms with Crippen molar-refractivity contribution in [1.82, 2.24) is 10.6 Å². The fraction of sp³-hybridized carbons (Fsp3) is 0.391. The normalized spacial score (nSPS) is 14.5. The van der Waals surface area contributed by atoms with Crippen molar-refractivity contribution in [3.05, 3.63) is 69.8 Å². The third-order valence-corrected chi connectivity index (χ3v) is 5.53. The first-order valence-electron chi connectivity index (χ1n) is 9.58. The van der Waals surface area contributed by atoms with Crippen LogP contribution in [0, 0.1) is 33.6 Å². The fourth-order valence-electron chi connectivity index (χ4n) is 3.16. The van der Waals surface area contributed by atoms with Gasteiger partial charge in [-0.05, 0) is 93.0 Å². The lowest BCUT2D eigenvalue weighted by molar-refractivity contribution is 0.0903. The van der Waals surface area contributed by atoms with Gasteiger partial charge < -0.3 is 10.6 Å². The van der Waals surface area contributed by atoms with Crippen LogP contribution in [-0.4, -0.2) is 24.4 Å². The topological polar surface area (TPSA) is 58.2 Å². The molecule has 1 saturated carbocycles. The van der Waals surface area contributed by atoms with Crippen LogP contribution in [0.15, 0.2) is 36.4 Å². The predicted molar refractivity (Wildman–Crippen MR) is 108 cm³/mol. The zero-order valence-corrected chi connectivity index (χ0v) is 16.6. The first-order chi connectivity index (χ1) is 12.8. The molecule has 0 aliphatic heterocycles. The number of aryl methyl sites for hydroxylation is 4. The van der Waals surface area contributed by atoms with Gasteiger partial charge in [0.15, 0.2) is 0 Å². The van der Waals surface area contributed by atoms with Gasteiger partial charge in [0, 0.05) is 23.7 Å². The quantitative estimate of drug-likeness (QED) is 0.818. The number of carbonyl (C=O) groups is 2. The van der Waals surface area contributed by atoms with Crippen LogP contribution in [0.4, 0.5) is 0 Å². The maximum atomic E-state index is 12.6. The van der Waals surface area contributed by atoms with Crippen LogP contribution < -0.4 is 10.6 Å². The molecular weight excluding hydrogens is 336 g/mol. The van der Waals surface area contributed by atoms with Gasteiger partial charge in [0.05, 0.1) is 0 Å². The van der Waals surface area contributed by atoms with Crippen LogP contribution in [0.2, 0.25) is 0 Å². The number of rotatable bonds is 6. The van der Waals surface area contributed by atoms with Gasteiger partial charge in [0.25, 0.3) is 11.8 Å². The molecule has 3 rings (SSSR count). The van der Waals surface area contributed by atoms with E-state index in [1.807, 2.05) is 64.1 Å². The second kappa shape index (κ2) is 7.95. The Morgan fingerprint density at radius 2 is 1.37 bits per heavy atom. The summed E-state index contributed by atoms with van der Waals surface area (Å²) in [5.41, 5.74) is 5.88. The average molecular weight is 364 g/mol. The van der Waals surface area contributed by atoms with Crippen molar-refractivity contribution in [3.8, 4) is 0 Å². The number of amides is 2. The molecule has 4 nitrogen and oxygen atoms in total. The lowest BCUT2D eigenvalue weighted by atomic mass is 10.0. The average Bonchev–Trinajstić information content (AvgIpc) is 3.47. The lowest BCUT2D eigenvalue weighted by Gasteiger charge is -2.19. The first-order valence-corrected chi connectivity index (χ1v) is 9.58. The molecule has 27 heavy (non-hydrogen) atoms. The van der Waals surface area contributed by atoms with Crippen LogP contribution in [0.25, 0.3) is 0 Å². The third-order valence-electron chi connectivity index (χ3n) is 5.53. The van der Waals surface area contributed by atoms with E-state index in [4.69, 9.17) is 0 Å². The molecule has 1 atom stereocenters. The van der Waals surface area contributed by atoms with Gasteiger partial charge in [-0.15, -0.1) is 0 Å². The van der Waals surface area contributed by atoms with Crippen LogP contribution in [0.3, 0.4) is 0 Å². The molecule has 4 heteroatoms. The summed E-state index contributed by atoms with van der Waals surface area (Å²) in [6.07, 6.45) is 2.19. The zero-order chi connectivity index (χ0) is 19.6. The minimum Gasteiger partial charge on any atom is -0.350 e. The third kappa shape index (κ3) is 4.76. The highest BCUT2D eigenvalue weighted by atomic mass is 16.2. The van der Waals surface area contributed by atoms with E-state index in [9.17, 15) is 9.59 Å². The summed E-state index contributed by atoms with van der Waals surface area (Å²) in [6.45, 7) is 8.53. The second-order valence-corrected chi connectivity index (χ2v) is 7.73. The highest BCUT2D eigenvalue weighted by Gasteiger charge is 2.32. The highest BCUT2D eigenvalue weighted by Crippen LogP contribution is 2.32. The summed E-state index contributed by atoms with van der Waals surface area (Å²) in [5, 5.41) is 6.11. The smallest absolute Gasteiger partial charge is 0.251 e. The summed E-state index contributed by atoms with van der Waals surface area (Å²) in [4.78, 5) is 25.1. The van der Waals surface area contributed by atoms with Crippen molar-refractivity contribution in [3.63, 3.8) is 0 Å². The summed E-state index contributed by atoms with van der Waals surface area (Å²) in [6, 6.07) is 11.4. The lowest BCUT2D eigenvalue weighted by Crippen LogP contribution is -2.45. The summed E-state index contributed by atoms with van der Waals surface area (Å²) >= 11 is 0. The van der Waals surface area contributed by atoms with Gasteiger partial charge in [-0.3, -0.25) is 9.59 Å². The largest absolute Gasteiger partial charge is 0.350 e. The molecule has 1 unspecified atom stereocenters. The molecule has 2 aromatic rings. The van der Waals surface area contributed by atoms with Gasteiger partial charge in [-0.1, -0.05) is 12.1 Å². The molecule has 0 bridgehead atoms. The summed E-state index contributed by atoms with van der Waals surface area (Å²) < 4.78 is 0. The molecule has 0 radical (unpaired) electrons. The van der Waals surface area contributed by atoms with E-state index < -0.39 is 0 Å². The molecule has 2 N–H and O–H groups in total. The molecule has 0 spiro atoms. The Hall–Kier alpha value is -2.62. The van der Waals surface area contributed by atoms with Crippen molar-refractivity contribution >= 4 is 11.8 Å². The molecule has 0 aromatic heterocycles. The Bertz CT molecular complexity index is 869. The van der Waals surface area contributed by atoms with Crippen molar-refractivity contribution in [2.24, 2.45) is 5.92 Å². The number of nitrogens with one attached hydrogen (secondary N) is 2. The molecule has 0 heterocycles. The summed E-state index contributed by atoms with van der Waals surface area (Å²) in [7, 11) is 0. The summed E-state index contributed by atoms with van der Waals surface area (Å²) in [5.74, 6) is 0.278. The van der Waals surface area contributed by atoms with Gasteiger partial charge in [-0.25, -0.2) is 0 Å². The maximum Gasteiger partial charge on any atom is 0.251 e. The van der Waals surface area contributed by atoms with Gasteiger partial charge in [-0.2, -0.15) is 0 Å². The first kappa shape index (κ1) is 19.2. The molecule has 0 saturated heterocycles. The molecule has 1 aliphatic rings. The van der Waals surface area contributed by atoms with Crippen molar-refractivity contribution < 1.29 is 9.59 Å². The monoisotopic (exact) mass is 364 g/mol.